The number of carbonyl (C=O) groups excluding carboxylic acids is 2. The molecule has 0 fully saturated rings. The van der Waals surface area contributed by atoms with Crippen LogP contribution in [0.3, 0.4) is 0 Å². The normalized spacial score (nSPS) is 23.3. The van der Waals surface area contributed by atoms with Crippen LogP contribution >= 0.6 is 15.9 Å². The van der Waals surface area contributed by atoms with Gasteiger partial charge in [-0.15, -0.1) is 0 Å². The lowest BCUT2D eigenvalue weighted by atomic mass is 9.69. The third-order valence-corrected chi connectivity index (χ3v) is 5.34. The summed E-state index contributed by atoms with van der Waals surface area (Å²) in [4.78, 5) is 25.7. The van der Waals surface area contributed by atoms with Crippen molar-refractivity contribution in [1.82, 2.24) is 10.0 Å². The second-order valence-corrected chi connectivity index (χ2v) is 8.69. The standard InChI is InChI=1S/C19H22BrFN2O2/c1-19(2)9-15-18(16(24)10-19)13(8-17(25)23(15)22(3)4)12-7-11(20)5-6-14(12)21/h5-7,13H,8-10H2,1-4H3. The van der Waals surface area contributed by atoms with Crippen molar-refractivity contribution in [2.45, 2.75) is 39.0 Å². The first-order valence-corrected chi connectivity index (χ1v) is 9.11. The van der Waals surface area contributed by atoms with E-state index in [4.69, 9.17) is 0 Å². The van der Waals surface area contributed by atoms with Crippen molar-refractivity contribution >= 4 is 27.6 Å². The van der Waals surface area contributed by atoms with Crippen molar-refractivity contribution in [1.29, 1.82) is 0 Å². The number of rotatable bonds is 2. The Balaban J connectivity index is 2.21. The molecule has 134 valence electrons. The molecule has 4 nitrogen and oxygen atoms in total. The Morgan fingerprint density at radius 3 is 2.56 bits per heavy atom. The molecule has 1 atom stereocenters. The number of Topliss-reactive ketones (excluding diaryl/α,β-unsaturated/α-hetero) is 1. The smallest absolute Gasteiger partial charge is 0.242 e. The van der Waals surface area contributed by atoms with Gasteiger partial charge in [-0.1, -0.05) is 29.8 Å². The molecule has 0 N–H and O–H groups in total. The van der Waals surface area contributed by atoms with Crippen molar-refractivity contribution in [3.8, 4) is 0 Å². The van der Waals surface area contributed by atoms with Crippen LogP contribution in [0.15, 0.2) is 33.9 Å². The van der Waals surface area contributed by atoms with Crippen molar-refractivity contribution in [2.75, 3.05) is 14.1 Å². The highest BCUT2D eigenvalue weighted by molar-refractivity contribution is 9.10. The van der Waals surface area contributed by atoms with Crippen LogP contribution in [0.2, 0.25) is 0 Å². The van der Waals surface area contributed by atoms with Crippen LogP contribution in [0, 0.1) is 11.2 Å². The molecule has 0 spiro atoms. The molecule has 25 heavy (non-hydrogen) atoms. The lowest BCUT2D eigenvalue weighted by Gasteiger charge is -2.44. The first-order valence-electron chi connectivity index (χ1n) is 8.32. The van der Waals surface area contributed by atoms with Gasteiger partial charge in [-0.3, -0.25) is 9.59 Å². The van der Waals surface area contributed by atoms with Gasteiger partial charge in [-0.25, -0.2) is 14.4 Å². The van der Waals surface area contributed by atoms with E-state index in [0.29, 0.717) is 29.7 Å². The van der Waals surface area contributed by atoms with Crippen LogP contribution in [0.4, 0.5) is 4.39 Å². The van der Waals surface area contributed by atoms with Gasteiger partial charge in [0.15, 0.2) is 5.78 Å². The van der Waals surface area contributed by atoms with Gasteiger partial charge < -0.3 is 0 Å². The molecule has 1 aromatic carbocycles. The number of carbonyl (C=O) groups is 2. The Hall–Kier alpha value is -1.53. The maximum Gasteiger partial charge on any atom is 0.242 e. The zero-order chi connectivity index (χ0) is 18.5. The highest BCUT2D eigenvalue weighted by Crippen LogP contribution is 2.47. The summed E-state index contributed by atoms with van der Waals surface area (Å²) >= 11 is 3.36. The predicted molar refractivity (Wildman–Crippen MR) is 97.0 cm³/mol. The van der Waals surface area contributed by atoms with Crippen LogP contribution in [-0.4, -0.2) is 35.8 Å². The third kappa shape index (κ3) is 3.29. The molecular formula is C19H22BrFN2O2. The number of hydrogen-bond acceptors (Lipinski definition) is 3. The molecule has 3 rings (SSSR count). The van der Waals surface area contributed by atoms with Crippen molar-refractivity contribution in [3.63, 3.8) is 0 Å². The van der Waals surface area contributed by atoms with Crippen molar-refractivity contribution in [3.05, 3.63) is 45.3 Å². The number of allylic oxidation sites excluding steroid dienone is 2. The summed E-state index contributed by atoms with van der Waals surface area (Å²) in [7, 11) is 3.57. The fourth-order valence-corrected chi connectivity index (χ4v) is 4.29. The molecule has 0 bridgehead atoms. The largest absolute Gasteiger partial charge is 0.294 e. The zero-order valence-electron chi connectivity index (χ0n) is 14.9. The second-order valence-electron chi connectivity index (χ2n) is 7.78. The molecule has 1 heterocycles. The van der Waals surface area contributed by atoms with Crippen molar-refractivity contribution < 1.29 is 14.0 Å². The van der Waals surface area contributed by atoms with Gasteiger partial charge >= 0.3 is 0 Å². The summed E-state index contributed by atoms with van der Waals surface area (Å²) in [6.45, 7) is 4.05. The predicted octanol–water partition coefficient (Wildman–Crippen LogP) is 4.02. The summed E-state index contributed by atoms with van der Waals surface area (Å²) in [6.07, 6.45) is 1.12. The number of ketones is 1. The van der Waals surface area contributed by atoms with Gasteiger partial charge in [0.05, 0.1) is 0 Å². The molecule has 0 radical (unpaired) electrons. The molecule has 1 aliphatic heterocycles. The van der Waals surface area contributed by atoms with Crippen LogP contribution in [0.25, 0.3) is 0 Å². The third-order valence-electron chi connectivity index (χ3n) is 4.85. The molecule has 1 amide bonds. The average molecular weight is 409 g/mol. The number of hydrogen-bond donors (Lipinski definition) is 0. The molecule has 2 aliphatic rings. The van der Waals surface area contributed by atoms with E-state index in [0.717, 1.165) is 4.47 Å². The van der Waals surface area contributed by atoms with Crippen LogP contribution < -0.4 is 0 Å². The number of nitrogens with zero attached hydrogens (tertiary/aromatic N) is 2. The SMILES string of the molecule is CN(C)N1C(=O)CC(c2cc(Br)ccc2F)C2=C1CC(C)(C)CC2=O. The fraction of sp³-hybridized carbons (Fsp3) is 0.474. The van der Waals surface area contributed by atoms with E-state index in [1.807, 2.05) is 13.8 Å². The zero-order valence-corrected chi connectivity index (χ0v) is 16.5. The van der Waals surface area contributed by atoms with Gasteiger partial charge in [0, 0.05) is 48.6 Å². The lowest BCUT2D eigenvalue weighted by Crippen LogP contribution is -2.49. The monoisotopic (exact) mass is 408 g/mol. The molecule has 0 aromatic heterocycles. The summed E-state index contributed by atoms with van der Waals surface area (Å²) < 4.78 is 15.2. The quantitative estimate of drug-likeness (QED) is 0.741. The van der Waals surface area contributed by atoms with Gasteiger partial charge in [-0.05, 0) is 35.6 Å². The van der Waals surface area contributed by atoms with E-state index in [1.54, 1.807) is 36.2 Å². The molecule has 0 saturated carbocycles. The topological polar surface area (TPSA) is 40.6 Å². The molecular weight excluding hydrogens is 387 g/mol. The Bertz CT molecular complexity index is 786. The Morgan fingerprint density at radius 2 is 1.92 bits per heavy atom. The molecule has 6 heteroatoms. The van der Waals surface area contributed by atoms with E-state index in [1.165, 1.54) is 6.07 Å². The molecule has 1 aliphatic carbocycles. The number of benzene rings is 1. The van der Waals surface area contributed by atoms with E-state index in [2.05, 4.69) is 15.9 Å². The summed E-state index contributed by atoms with van der Waals surface area (Å²) in [6, 6.07) is 4.67. The second kappa shape index (κ2) is 6.32. The lowest BCUT2D eigenvalue weighted by molar-refractivity contribution is -0.143. The van der Waals surface area contributed by atoms with Gasteiger partial charge in [0.1, 0.15) is 5.82 Å². The Labute approximate surface area is 155 Å². The number of halogens is 2. The molecule has 1 aromatic rings. The first kappa shape index (κ1) is 18.3. The van der Waals surface area contributed by atoms with Gasteiger partial charge in [0.2, 0.25) is 5.91 Å². The summed E-state index contributed by atoms with van der Waals surface area (Å²) in [5, 5.41) is 3.29. The van der Waals surface area contributed by atoms with Crippen LogP contribution in [0.5, 0.6) is 0 Å². The van der Waals surface area contributed by atoms with Crippen LogP contribution in [-0.2, 0) is 9.59 Å². The van der Waals surface area contributed by atoms with E-state index in [9.17, 15) is 14.0 Å². The summed E-state index contributed by atoms with van der Waals surface area (Å²) in [5.74, 6) is -1.02. The molecule has 1 unspecified atom stereocenters. The highest BCUT2D eigenvalue weighted by Gasteiger charge is 2.45. The minimum Gasteiger partial charge on any atom is -0.294 e. The van der Waals surface area contributed by atoms with Crippen LogP contribution in [0.1, 0.15) is 44.6 Å². The maximum atomic E-state index is 14.5. The maximum absolute atomic E-state index is 14.5. The Morgan fingerprint density at radius 1 is 1.24 bits per heavy atom. The first-order chi connectivity index (χ1) is 11.6. The minimum absolute atomic E-state index is 0.00924. The average Bonchev–Trinajstić information content (AvgIpc) is 2.46. The Kier molecular flexibility index (Phi) is 4.62. The van der Waals surface area contributed by atoms with Gasteiger partial charge in [-0.2, -0.15) is 0 Å². The van der Waals surface area contributed by atoms with E-state index in [-0.39, 0.29) is 29.3 Å². The number of amides is 1. The van der Waals surface area contributed by atoms with E-state index >= 15 is 0 Å². The molecule has 0 saturated heterocycles. The van der Waals surface area contributed by atoms with E-state index < -0.39 is 5.92 Å². The summed E-state index contributed by atoms with van der Waals surface area (Å²) in [5.41, 5.74) is 1.49. The highest BCUT2D eigenvalue weighted by atomic mass is 79.9. The minimum atomic E-state index is -0.528. The van der Waals surface area contributed by atoms with Crippen molar-refractivity contribution in [2.24, 2.45) is 5.41 Å². The fourth-order valence-electron chi connectivity index (χ4n) is 3.91. The number of hydrazine groups is 1. The van der Waals surface area contributed by atoms with Gasteiger partial charge in [0.25, 0.3) is 0 Å².